The summed E-state index contributed by atoms with van der Waals surface area (Å²) >= 11 is 0. The molecule has 0 radical (unpaired) electrons. The lowest BCUT2D eigenvalue weighted by Crippen LogP contribution is -2.24. The van der Waals surface area contributed by atoms with Crippen LogP contribution in [0.2, 0.25) is 0 Å². The van der Waals surface area contributed by atoms with Crippen molar-refractivity contribution >= 4 is 5.82 Å². The SMILES string of the molecule is CCC1C2CN(c3cc(F)ccn3)CC12. The highest BCUT2D eigenvalue weighted by atomic mass is 19.1. The largest absolute Gasteiger partial charge is 0.356 e. The predicted molar refractivity (Wildman–Crippen MR) is 57.2 cm³/mol. The fraction of sp³-hybridized carbons (Fsp3) is 0.583. The number of pyridine rings is 1. The van der Waals surface area contributed by atoms with Gasteiger partial charge in [0, 0.05) is 25.4 Å². The molecular weight excluding hydrogens is 191 g/mol. The highest BCUT2D eigenvalue weighted by Gasteiger charge is 2.54. The van der Waals surface area contributed by atoms with Crippen LogP contribution < -0.4 is 4.90 Å². The van der Waals surface area contributed by atoms with Gasteiger partial charge < -0.3 is 4.90 Å². The van der Waals surface area contributed by atoms with Crippen molar-refractivity contribution < 1.29 is 4.39 Å². The van der Waals surface area contributed by atoms with Gasteiger partial charge in [-0.05, 0) is 23.8 Å². The number of rotatable bonds is 2. The number of nitrogens with zero attached hydrogens (tertiary/aromatic N) is 2. The van der Waals surface area contributed by atoms with Crippen LogP contribution in [0.3, 0.4) is 0 Å². The average molecular weight is 206 g/mol. The van der Waals surface area contributed by atoms with Crippen molar-refractivity contribution in [1.29, 1.82) is 0 Å². The highest BCUT2D eigenvalue weighted by molar-refractivity contribution is 5.42. The first-order chi connectivity index (χ1) is 7.29. The molecule has 0 amide bonds. The minimum absolute atomic E-state index is 0.187. The molecule has 2 fully saturated rings. The summed E-state index contributed by atoms with van der Waals surface area (Å²) in [6.45, 7) is 4.40. The molecule has 0 spiro atoms. The molecule has 1 aliphatic heterocycles. The summed E-state index contributed by atoms with van der Waals surface area (Å²) in [5, 5.41) is 0. The molecule has 2 atom stereocenters. The lowest BCUT2D eigenvalue weighted by Gasteiger charge is -2.20. The van der Waals surface area contributed by atoms with Crippen LogP contribution in [0.4, 0.5) is 10.2 Å². The van der Waals surface area contributed by atoms with Crippen LogP contribution in [0, 0.1) is 23.6 Å². The van der Waals surface area contributed by atoms with Gasteiger partial charge in [-0.2, -0.15) is 0 Å². The van der Waals surface area contributed by atoms with E-state index in [1.165, 1.54) is 18.6 Å². The molecule has 1 aromatic heterocycles. The maximum Gasteiger partial charge on any atom is 0.131 e. The quantitative estimate of drug-likeness (QED) is 0.738. The monoisotopic (exact) mass is 206 g/mol. The molecular formula is C12H15FN2. The van der Waals surface area contributed by atoms with Crippen LogP contribution >= 0.6 is 0 Å². The van der Waals surface area contributed by atoms with Crippen LogP contribution in [0.25, 0.3) is 0 Å². The van der Waals surface area contributed by atoms with Gasteiger partial charge in [0.2, 0.25) is 0 Å². The third kappa shape index (κ3) is 1.41. The van der Waals surface area contributed by atoms with Gasteiger partial charge in [0.15, 0.2) is 0 Å². The van der Waals surface area contributed by atoms with Gasteiger partial charge >= 0.3 is 0 Å². The third-order valence-corrected chi connectivity index (χ3v) is 3.87. The number of fused-ring (bicyclic) bond motifs is 1. The molecule has 1 aromatic rings. The summed E-state index contributed by atoms with van der Waals surface area (Å²) in [6.07, 6.45) is 2.84. The second-order valence-corrected chi connectivity index (χ2v) is 4.64. The summed E-state index contributed by atoms with van der Waals surface area (Å²) in [6, 6.07) is 2.93. The van der Waals surface area contributed by atoms with E-state index in [2.05, 4.69) is 16.8 Å². The first kappa shape index (κ1) is 9.13. The summed E-state index contributed by atoms with van der Waals surface area (Å²) < 4.78 is 13.0. The average Bonchev–Trinajstić information content (AvgIpc) is 2.70. The minimum Gasteiger partial charge on any atom is -0.356 e. The van der Waals surface area contributed by atoms with Crippen LogP contribution in [-0.2, 0) is 0 Å². The number of anilines is 1. The Labute approximate surface area is 89.1 Å². The van der Waals surface area contributed by atoms with E-state index in [-0.39, 0.29) is 5.82 Å². The Morgan fingerprint density at radius 1 is 1.47 bits per heavy atom. The maximum absolute atomic E-state index is 13.0. The fourth-order valence-electron chi connectivity index (χ4n) is 3.01. The van der Waals surface area contributed by atoms with Gasteiger partial charge in [-0.1, -0.05) is 13.3 Å². The molecule has 1 aliphatic carbocycles. The fourth-order valence-corrected chi connectivity index (χ4v) is 3.01. The van der Waals surface area contributed by atoms with E-state index in [0.29, 0.717) is 0 Å². The third-order valence-electron chi connectivity index (χ3n) is 3.87. The second-order valence-electron chi connectivity index (χ2n) is 4.64. The molecule has 2 unspecified atom stereocenters. The van der Waals surface area contributed by atoms with Gasteiger partial charge in [0.1, 0.15) is 11.6 Å². The van der Waals surface area contributed by atoms with Crippen LogP contribution in [0.15, 0.2) is 18.3 Å². The Balaban J connectivity index is 1.72. The van der Waals surface area contributed by atoms with Crippen molar-refractivity contribution in [3.63, 3.8) is 0 Å². The number of halogens is 1. The molecule has 1 saturated carbocycles. The zero-order valence-corrected chi connectivity index (χ0v) is 8.86. The molecule has 3 rings (SSSR count). The molecule has 2 heterocycles. The van der Waals surface area contributed by atoms with E-state index in [1.807, 2.05) is 0 Å². The number of hydrogen-bond donors (Lipinski definition) is 0. The van der Waals surface area contributed by atoms with E-state index < -0.39 is 0 Å². The van der Waals surface area contributed by atoms with Crippen LogP contribution in [0.5, 0.6) is 0 Å². The normalized spacial score (nSPS) is 32.9. The Bertz CT molecular complexity index is 368. The Hall–Kier alpha value is -1.12. The Morgan fingerprint density at radius 2 is 2.20 bits per heavy atom. The van der Waals surface area contributed by atoms with Gasteiger partial charge in [-0.25, -0.2) is 9.37 Å². The zero-order valence-electron chi connectivity index (χ0n) is 8.86. The lowest BCUT2D eigenvalue weighted by atomic mass is 10.2. The molecule has 0 aromatic carbocycles. The number of aromatic nitrogens is 1. The van der Waals surface area contributed by atoms with Crippen molar-refractivity contribution in [2.24, 2.45) is 17.8 Å². The number of hydrogen-bond acceptors (Lipinski definition) is 2. The standard InChI is InChI=1S/C12H15FN2/c1-2-9-10-6-15(7-11(9)10)12-5-8(13)3-4-14-12/h3-5,9-11H,2,6-7H2,1H3. The maximum atomic E-state index is 13.0. The van der Waals surface area contributed by atoms with Crippen molar-refractivity contribution in [2.45, 2.75) is 13.3 Å². The van der Waals surface area contributed by atoms with Gasteiger partial charge in [-0.15, -0.1) is 0 Å². The Kier molecular flexibility index (Phi) is 1.94. The molecule has 2 aliphatic rings. The highest BCUT2D eigenvalue weighted by Crippen LogP contribution is 2.53. The summed E-state index contributed by atoms with van der Waals surface area (Å²) in [7, 11) is 0. The van der Waals surface area contributed by atoms with Crippen LogP contribution in [-0.4, -0.2) is 18.1 Å². The second kappa shape index (κ2) is 3.19. The minimum atomic E-state index is -0.187. The smallest absolute Gasteiger partial charge is 0.131 e. The van der Waals surface area contributed by atoms with E-state index in [0.717, 1.165) is 36.7 Å². The van der Waals surface area contributed by atoms with E-state index in [4.69, 9.17) is 0 Å². The zero-order chi connectivity index (χ0) is 10.4. The van der Waals surface area contributed by atoms with Crippen molar-refractivity contribution in [1.82, 2.24) is 4.98 Å². The van der Waals surface area contributed by atoms with E-state index >= 15 is 0 Å². The molecule has 80 valence electrons. The first-order valence-corrected chi connectivity index (χ1v) is 5.66. The summed E-state index contributed by atoms with van der Waals surface area (Å²) in [5.74, 6) is 3.24. The molecule has 0 N–H and O–H groups in total. The molecule has 0 bridgehead atoms. The lowest BCUT2D eigenvalue weighted by molar-refractivity contribution is 0.607. The molecule has 2 nitrogen and oxygen atoms in total. The predicted octanol–water partition coefficient (Wildman–Crippen LogP) is 2.31. The summed E-state index contributed by atoms with van der Waals surface area (Å²) in [4.78, 5) is 6.43. The van der Waals surface area contributed by atoms with Crippen molar-refractivity contribution in [2.75, 3.05) is 18.0 Å². The van der Waals surface area contributed by atoms with Crippen molar-refractivity contribution in [3.8, 4) is 0 Å². The molecule has 3 heteroatoms. The van der Waals surface area contributed by atoms with E-state index in [1.54, 1.807) is 6.20 Å². The molecule has 15 heavy (non-hydrogen) atoms. The van der Waals surface area contributed by atoms with Gasteiger partial charge in [0.25, 0.3) is 0 Å². The van der Waals surface area contributed by atoms with Gasteiger partial charge in [0.05, 0.1) is 0 Å². The van der Waals surface area contributed by atoms with Crippen LogP contribution in [0.1, 0.15) is 13.3 Å². The first-order valence-electron chi connectivity index (χ1n) is 5.66. The number of piperidine rings is 1. The topological polar surface area (TPSA) is 16.1 Å². The summed E-state index contributed by atoms with van der Waals surface area (Å²) in [5.41, 5.74) is 0. The Morgan fingerprint density at radius 3 is 2.80 bits per heavy atom. The molecule has 1 saturated heterocycles. The van der Waals surface area contributed by atoms with E-state index in [9.17, 15) is 4.39 Å². The van der Waals surface area contributed by atoms with Crippen molar-refractivity contribution in [3.05, 3.63) is 24.1 Å². The van der Waals surface area contributed by atoms with Gasteiger partial charge in [-0.3, -0.25) is 0 Å².